The van der Waals surface area contributed by atoms with E-state index in [9.17, 15) is 4.79 Å². The number of hydrogen-bond donors (Lipinski definition) is 1. The Morgan fingerprint density at radius 1 is 1.29 bits per heavy atom. The van der Waals surface area contributed by atoms with Crippen molar-refractivity contribution in [1.82, 2.24) is 5.32 Å². The average Bonchev–Trinajstić information content (AvgIpc) is 2.28. The number of esters is 1. The van der Waals surface area contributed by atoms with Crippen molar-refractivity contribution in [1.29, 1.82) is 0 Å². The van der Waals surface area contributed by atoms with Crippen molar-refractivity contribution in [3.63, 3.8) is 0 Å². The van der Waals surface area contributed by atoms with Crippen LogP contribution < -0.4 is 5.32 Å². The van der Waals surface area contributed by atoms with E-state index in [0.717, 1.165) is 38.8 Å². The molecule has 2 aliphatic rings. The minimum atomic E-state index is -0.0245. The molecule has 4 heteroatoms. The summed E-state index contributed by atoms with van der Waals surface area (Å²) in [7, 11) is 0. The first-order valence-electron chi connectivity index (χ1n) is 6.72. The van der Waals surface area contributed by atoms with Gasteiger partial charge in [-0.3, -0.25) is 4.79 Å². The highest BCUT2D eigenvalue weighted by atomic mass is 16.6. The summed E-state index contributed by atoms with van der Waals surface area (Å²) in [5.74, 6) is 0.0284. The molecule has 0 aliphatic carbocycles. The summed E-state index contributed by atoms with van der Waals surface area (Å²) in [5, 5.41) is 3.25. The van der Waals surface area contributed by atoms with Crippen LogP contribution in [0.25, 0.3) is 0 Å². The highest BCUT2D eigenvalue weighted by Crippen LogP contribution is 2.23. The Kier molecular flexibility index (Phi) is 4.40. The largest absolute Gasteiger partial charge is 0.462 e. The molecule has 0 aromatic rings. The molecule has 0 radical (unpaired) electrons. The van der Waals surface area contributed by atoms with E-state index in [1.165, 1.54) is 0 Å². The van der Waals surface area contributed by atoms with Gasteiger partial charge >= 0.3 is 5.97 Å². The van der Waals surface area contributed by atoms with Crippen molar-refractivity contribution < 1.29 is 14.3 Å². The van der Waals surface area contributed by atoms with Crippen molar-refractivity contribution in [3.05, 3.63) is 0 Å². The van der Waals surface area contributed by atoms with E-state index >= 15 is 0 Å². The number of carbonyl (C=O) groups excluding carboxylic acids is 1. The van der Waals surface area contributed by atoms with E-state index < -0.39 is 0 Å². The van der Waals surface area contributed by atoms with E-state index in [2.05, 4.69) is 5.32 Å². The second kappa shape index (κ2) is 5.83. The maximum Gasteiger partial charge on any atom is 0.310 e. The third kappa shape index (κ3) is 3.68. The molecule has 3 atom stereocenters. The maximum atomic E-state index is 12.0. The number of ether oxygens (including phenoxy) is 2. The SMILES string of the molecule is CC1CC(OC(=O)C2CCCNC2)CC(C)O1. The van der Waals surface area contributed by atoms with Crippen molar-refractivity contribution in [2.24, 2.45) is 5.92 Å². The van der Waals surface area contributed by atoms with E-state index in [-0.39, 0.29) is 30.2 Å². The van der Waals surface area contributed by atoms with Crippen LogP contribution >= 0.6 is 0 Å². The fourth-order valence-corrected chi connectivity index (χ4v) is 2.75. The fraction of sp³-hybridized carbons (Fsp3) is 0.923. The van der Waals surface area contributed by atoms with E-state index in [1.54, 1.807) is 0 Å². The number of rotatable bonds is 2. The summed E-state index contributed by atoms with van der Waals surface area (Å²) in [4.78, 5) is 12.0. The lowest BCUT2D eigenvalue weighted by atomic mass is 9.99. The second-order valence-electron chi connectivity index (χ2n) is 5.33. The number of hydrogen-bond acceptors (Lipinski definition) is 4. The lowest BCUT2D eigenvalue weighted by molar-refractivity contribution is -0.164. The first kappa shape index (κ1) is 12.8. The summed E-state index contributed by atoms with van der Waals surface area (Å²) in [6, 6.07) is 0. The molecule has 4 nitrogen and oxygen atoms in total. The maximum absolute atomic E-state index is 12.0. The Labute approximate surface area is 103 Å². The molecule has 2 fully saturated rings. The highest BCUT2D eigenvalue weighted by molar-refractivity contribution is 5.73. The van der Waals surface area contributed by atoms with Gasteiger partial charge in [0.15, 0.2) is 0 Å². The normalized spacial score (nSPS) is 38.7. The van der Waals surface area contributed by atoms with Gasteiger partial charge < -0.3 is 14.8 Å². The molecule has 0 saturated carbocycles. The van der Waals surface area contributed by atoms with Crippen LogP contribution in [0.5, 0.6) is 0 Å². The molecule has 0 aromatic heterocycles. The molecule has 2 rings (SSSR count). The molecule has 98 valence electrons. The Balaban J connectivity index is 1.80. The monoisotopic (exact) mass is 241 g/mol. The van der Waals surface area contributed by atoms with Gasteiger partial charge in [0.25, 0.3) is 0 Å². The standard InChI is InChI=1S/C13H23NO3/c1-9-6-12(7-10(2)16-9)17-13(15)11-4-3-5-14-8-11/h9-12,14H,3-8H2,1-2H3. The number of carbonyl (C=O) groups is 1. The quantitative estimate of drug-likeness (QED) is 0.744. The molecule has 3 unspecified atom stereocenters. The summed E-state index contributed by atoms with van der Waals surface area (Å²) in [6.07, 6.45) is 4.12. The van der Waals surface area contributed by atoms with Crippen molar-refractivity contribution in [3.8, 4) is 0 Å². The van der Waals surface area contributed by atoms with E-state index in [0.29, 0.717) is 0 Å². The summed E-state index contributed by atoms with van der Waals surface area (Å²) >= 11 is 0. The molecule has 1 N–H and O–H groups in total. The minimum Gasteiger partial charge on any atom is -0.462 e. The second-order valence-corrected chi connectivity index (χ2v) is 5.33. The topological polar surface area (TPSA) is 47.6 Å². The molecule has 0 aromatic carbocycles. The van der Waals surface area contributed by atoms with Crippen molar-refractivity contribution >= 4 is 5.97 Å². The Morgan fingerprint density at radius 2 is 2.00 bits per heavy atom. The molecule has 0 spiro atoms. The number of nitrogens with one attached hydrogen (secondary N) is 1. The van der Waals surface area contributed by atoms with Crippen LogP contribution in [0.15, 0.2) is 0 Å². The van der Waals surface area contributed by atoms with Gasteiger partial charge in [0, 0.05) is 19.4 Å². The van der Waals surface area contributed by atoms with Gasteiger partial charge in [0.1, 0.15) is 6.10 Å². The fourth-order valence-electron chi connectivity index (χ4n) is 2.75. The first-order chi connectivity index (χ1) is 8.15. The van der Waals surface area contributed by atoms with Gasteiger partial charge in [-0.1, -0.05) is 0 Å². The number of piperidine rings is 1. The van der Waals surface area contributed by atoms with Crippen molar-refractivity contribution in [2.75, 3.05) is 13.1 Å². The van der Waals surface area contributed by atoms with Crippen LogP contribution in [-0.2, 0) is 14.3 Å². The van der Waals surface area contributed by atoms with Crippen LogP contribution in [-0.4, -0.2) is 37.4 Å². The van der Waals surface area contributed by atoms with Gasteiger partial charge in [-0.2, -0.15) is 0 Å². The predicted octanol–water partition coefficient (Wildman–Crippen LogP) is 1.49. The summed E-state index contributed by atoms with van der Waals surface area (Å²) in [5.41, 5.74) is 0. The van der Waals surface area contributed by atoms with Gasteiger partial charge in [-0.05, 0) is 33.2 Å². The first-order valence-corrected chi connectivity index (χ1v) is 6.72. The smallest absolute Gasteiger partial charge is 0.310 e. The Hall–Kier alpha value is -0.610. The zero-order valence-electron chi connectivity index (χ0n) is 10.8. The molecule has 2 heterocycles. The summed E-state index contributed by atoms with van der Waals surface area (Å²) in [6.45, 7) is 5.87. The highest BCUT2D eigenvalue weighted by Gasteiger charge is 2.30. The average molecular weight is 241 g/mol. The minimum absolute atomic E-state index is 0.0245. The van der Waals surface area contributed by atoms with Crippen LogP contribution in [0.3, 0.4) is 0 Å². The molecular weight excluding hydrogens is 218 g/mol. The van der Waals surface area contributed by atoms with Crippen LogP contribution in [0.1, 0.15) is 39.5 Å². The van der Waals surface area contributed by atoms with Crippen LogP contribution in [0, 0.1) is 5.92 Å². The van der Waals surface area contributed by atoms with Gasteiger partial charge in [0.05, 0.1) is 18.1 Å². The Bertz CT molecular complexity index is 253. The van der Waals surface area contributed by atoms with Gasteiger partial charge in [0.2, 0.25) is 0 Å². The van der Waals surface area contributed by atoms with E-state index in [1.807, 2.05) is 13.8 Å². The Morgan fingerprint density at radius 3 is 2.59 bits per heavy atom. The molecule has 0 bridgehead atoms. The zero-order valence-corrected chi connectivity index (χ0v) is 10.8. The predicted molar refractivity (Wildman–Crippen MR) is 64.7 cm³/mol. The lowest BCUT2D eigenvalue weighted by Crippen LogP contribution is -2.40. The molecule has 17 heavy (non-hydrogen) atoms. The van der Waals surface area contributed by atoms with Gasteiger partial charge in [-0.15, -0.1) is 0 Å². The summed E-state index contributed by atoms with van der Waals surface area (Å²) < 4.78 is 11.3. The molecule has 2 saturated heterocycles. The lowest BCUT2D eigenvalue weighted by Gasteiger charge is -2.33. The molecule has 2 aliphatic heterocycles. The van der Waals surface area contributed by atoms with E-state index in [4.69, 9.17) is 9.47 Å². The van der Waals surface area contributed by atoms with Crippen LogP contribution in [0.2, 0.25) is 0 Å². The third-order valence-corrected chi connectivity index (χ3v) is 3.57. The zero-order chi connectivity index (χ0) is 12.3. The molecule has 0 amide bonds. The third-order valence-electron chi connectivity index (χ3n) is 3.57. The molecular formula is C13H23NO3. The van der Waals surface area contributed by atoms with Crippen molar-refractivity contribution in [2.45, 2.75) is 57.8 Å². The van der Waals surface area contributed by atoms with Crippen LogP contribution in [0.4, 0.5) is 0 Å². The van der Waals surface area contributed by atoms with Gasteiger partial charge in [-0.25, -0.2) is 0 Å².